The van der Waals surface area contributed by atoms with Gasteiger partial charge in [0.25, 0.3) is 0 Å². The summed E-state index contributed by atoms with van der Waals surface area (Å²) in [5, 5.41) is 10.2. The highest BCUT2D eigenvalue weighted by atomic mass is 16.6. The standard InChI is InChI=1S/C10H16N4O2/c1-10(2)4-6(3-7(15)5-10)12-9-8(11)13-16-14-9/h6H,3-5H2,1-2H3,(H2,11,13)(H,12,14)/t6-/m1/s1. The van der Waals surface area contributed by atoms with Crippen LogP contribution >= 0.6 is 0 Å². The van der Waals surface area contributed by atoms with Crippen LogP contribution in [0, 0.1) is 5.41 Å². The molecule has 1 fully saturated rings. The van der Waals surface area contributed by atoms with E-state index in [1.807, 2.05) is 0 Å². The van der Waals surface area contributed by atoms with Crippen LogP contribution in [-0.4, -0.2) is 22.1 Å². The average molecular weight is 224 g/mol. The number of hydrogen-bond donors (Lipinski definition) is 2. The molecular formula is C10H16N4O2. The van der Waals surface area contributed by atoms with E-state index in [0.29, 0.717) is 18.7 Å². The first-order chi connectivity index (χ1) is 7.46. The van der Waals surface area contributed by atoms with Gasteiger partial charge in [0.2, 0.25) is 11.6 Å². The van der Waals surface area contributed by atoms with Crippen LogP contribution in [0.25, 0.3) is 0 Å². The van der Waals surface area contributed by atoms with E-state index in [1.54, 1.807) is 0 Å². The number of nitrogens with two attached hydrogens (primary N) is 1. The fraction of sp³-hybridized carbons (Fsp3) is 0.700. The summed E-state index contributed by atoms with van der Waals surface area (Å²) in [5.41, 5.74) is 5.57. The molecule has 88 valence electrons. The number of nitrogen functional groups attached to an aromatic ring is 1. The Labute approximate surface area is 93.5 Å². The predicted octanol–water partition coefficient (Wildman–Crippen LogP) is 1.21. The van der Waals surface area contributed by atoms with Crippen molar-refractivity contribution in [3.05, 3.63) is 0 Å². The Kier molecular flexibility index (Phi) is 2.57. The number of rotatable bonds is 2. The molecule has 1 heterocycles. The molecular weight excluding hydrogens is 208 g/mol. The van der Waals surface area contributed by atoms with Gasteiger partial charge in [0.05, 0.1) is 0 Å². The van der Waals surface area contributed by atoms with Gasteiger partial charge in [0, 0.05) is 18.9 Å². The van der Waals surface area contributed by atoms with Crippen molar-refractivity contribution in [2.75, 3.05) is 11.1 Å². The summed E-state index contributed by atoms with van der Waals surface area (Å²) >= 11 is 0. The minimum Gasteiger partial charge on any atom is -0.378 e. The lowest BCUT2D eigenvalue weighted by Gasteiger charge is -2.34. The lowest BCUT2D eigenvalue weighted by atomic mass is 9.74. The van der Waals surface area contributed by atoms with Crippen molar-refractivity contribution in [1.29, 1.82) is 0 Å². The van der Waals surface area contributed by atoms with Crippen LogP contribution < -0.4 is 11.1 Å². The lowest BCUT2D eigenvalue weighted by molar-refractivity contribution is -0.123. The number of nitrogens with one attached hydrogen (secondary N) is 1. The van der Waals surface area contributed by atoms with Crippen LogP contribution in [0.1, 0.15) is 33.1 Å². The Bertz CT molecular complexity index is 399. The zero-order valence-electron chi connectivity index (χ0n) is 9.49. The molecule has 0 amide bonds. The number of carbonyl (C=O) groups excluding carboxylic acids is 1. The molecule has 1 aromatic rings. The molecule has 0 aliphatic heterocycles. The summed E-state index contributed by atoms with van der Waals surface area (Å²) in [4.78, 5) is 11.6. The first-order valence-electron chi connectivity index (χ1n) is 5.32. The molecule has 0 unspecified atom stereocenters. The fourth-order valence-electron chi connectivity index (χ4n) is 2.28. The summed E-state index contributed by atoms with van der Waals surface area (Å²) in [6.45, 7) is 4.17. The fourth-order valence-corrected chi connectivity index (χ4v) is 2.28. The first kappa shape index (κ1) is 10.9. The highest BCUT2D eigenvalue weighted by Crippen LogP contribution is 2.34. The van der Waals surface area contributed by atoms with Crippen molar-refractivity contribution in [2.45, 2.75) is 39.2 Å². The van der Waals surface area contributed by atoms with Gasteiger partial charge in [-0.05, 0) is 22.1 Å². The molecule has 0 bridgehead atoms. The Morgan fingerprint density at radius 1 is 1.50 bits per heavy atom. The highest BCUT2D eigenvalue weighted by Gasteiger charge is 2.33. The molecule has 0 radical (unpaired) electrons. The third-order valence-corrected chi connectivity index (χ3v) is 2.80. The molecule has 2 rings (SSSR count). The monoisotopic (exact) mass is 224 g/mol. The molecule has 1 aromatic heterocycles. The zero-order valence-corrected chi connectivity index (χ0v) is 9.49. The van der Waals surface area contributed by atoms with Gasteiger partial charge in [-0.25, -0.2) is 4.63 Å². The van der Waals surface area contributed by atoms with Crippen molar-refractivity contribution in [1.82, 2.24) is 10.3 Å². The van der Waals surface area contributed by atoms with Crippen LogP contribution in [0.4, 0.5) is 11.6 Å². The molecule has 0 spiro atoms. The third-order valence-electron chi connectivity index (χ3n) is 2.80. The van der Waals surface area contributed by atoms with Gasteiger partial charge in [0.1, 0.15) is 5.78 Å². The van der Waals surface area contributed by atoms with Crippen molar-refractivity contribution in [3.8, 4) is 0 Å². The molecule has 1 saturated carbocycles. The largest absolute Gasteiger partial charge is 0.378 e. The van der Waals surface area contributed by atoms with Crippen LogP contribution in [0.15, 0.2) is 4.63 Å². The van der Waals surface area contributed by atoms with E-state index in [1.165, 1.54) is 0 Å². The van der Waals surface area contributed by atoms with E-state index in [-0.39, 0.29) is 23.1 Å². The molecule has 1 aliphatic carbocycles. The minimum absolute atomic E-state index is 0.0267. The number of Topliss-reactive ketones (excluding diaryl/α,β-unsaturated/α-hetero) is 1. The maximum absolute atomic E-state index is 11.6. The zero-order chi connectivity index (χ0) is 11.8. The molecule has 1 atom stereocenters. The number of aromatic nitrogens is 2. The van der Waals surface area contributed by atoms with Crippen molar-refractivity contribution in [3.63, 3.8) is 0 Å². The topological polar surface area (TPSA) is 94.0 Å². The van der Waals surface area contributed by atoms with Gasteiger partial charge in [-0.3, -0.25) is 4.79 Å². The Hall–Kier alpha value is -1.59. The number of nitrogens with zero attached hydrogens (tertiary/aromatic N) is 2. The maximum Gasteiger partial charge on any atom is 0.215 e. The van der Waals surface area contributed by atoms with E-state index in [0.717, 1.165) is 6.42 Å². The maximum atomic E-state index is 11.6. The summed E-state index contributed by atoms with van der Waals surface area (Å²) in [5.74, 6) is 0.926. The SMILES string of the molecule is CC1(C)CC(=O)C[C@@H](Nc2nonc2N)C1. The van der Waals surface area contributed by atoms with E-state index in [4.69, 9.17) is 5.73 Å². The minimum atomic E-state index is 0.0267. The van der Waals surface area contributed by atoms with Crippen LogP contribution in [0.3, 0.4) is 0 Å². The summed E-state index contributed by atoms with van der Waals surface area (Å²) in [7, 11) is 0. The highest BCUT2D eigenvalue weighted by molar-refractivity contribution is 5.81. The molecule has 0 saturated heterocycles. The van der Waals surface area contributed by atoms with Gasteiger partial charge in [-0.15, -0.1) is 0 Å². The second-order valence-electron chi connectivity index (χ2n) is 5.13. The van der Waals surface area contributed by atoms with Crippen LogP contribution in [0.2, 0.25) is 0 Å². The quantitative estimate of drug-likeness (QED) is 0.784. The molecule has 6 nitrogen and oxygen atoms in total. The average Bonchev–Trinajstić information content (AvgIpc) is 2.48. The van der Waals surface area contributed by atoms with Gasteiger partial charge in [-0.1, -0.05) is 13.8 Å². The van der Waals surface area contributed by atoms with E-state index >= 15 is 0 Å². The van der Waals surface area contributed by atoms with Crippen molar-refractivity contribution >= 4 is 17.4 Å². The van der Waals surface area contributed by atoms with E-state index in [9.17, 15) is 4.79 Å². The molecule has 1 aliphatic rings. The van der Waals surface area contributed by atoms with E-state index < -0.39 is 0 Å². The summed E-state index contributed by atoms with van der Waals surface area (Å²) in [6.07, 6.45) is 2.05. The third kappa shape index (κ3) is 2.32. The number of ketones is 1. The Balaban J connectivity index is 2.05. The van der Waals surface area contributed by atoms with Crippen molar-refractivity contribution < 1.29 is 9.42 Å². The summed E-state index contributed by atoms with van der Waals surface area (Å²) < 4.78 is 4.49. The number of carbonyl (C=O) groups is 1. The van der Waals surface area contributed by atoms with Crippen LogP contribution in [0.5, 0.6) is 0 Å². The first-order valence-corrected chi connectivity index (χ1v) is 5.32. The van der Waals surface area contributed by atoms with E-state index in [2.05, 4.69) is 34.1 Å². The Morgan fingerprint density at radius 2 is 2.25 bits per heavy atom. The smallest absolute Gasteiger partial charge is 0.215 e. The van der Waals surface area contributed by atoms with Gasteiger partial charge in [0.15, 0.2) is 0 Å². The number of anilines is 2. The summed E-state index contributed by atoms with van der Waals surface area (Å²) in [6, 6.07) is 0.0606. The second-order valence-corrected chi connectivity index (χ2v) is 5.13. The number of hydrogen-bond acceptors (Lipinski definition) is 6. The molecule has 3 N–H and O–H groups in total. The molecule has 0 aromatic carbocycles. The van der Waals surface area contributed by atoms with Gasteiger partial charge < -0.3 is 11.1 Å². The molecule has 6 heteroatoms. The predicted molar refractivity (Wildman–Crippen MR) is 58.8 cm³/mol. The lowest BCUT2D eigenvalue weighted by Crippen LogP contribution is -2.36. The van der Waals surface area contributed by atoms with Gasteiger partial charge in [-0.2, -0.15) is 0 Å². The van der Waals surface area contributed by atoms with Gasteiger partial charge >= 0.3 is 0 Å². The normalized spacial score (nSPS) is 24.4. The second kappa shape index (κ2) is 3.77. The molecule has 16 heavy (non-hydrogen) atoms. The van der Waals surface area contributed by atoms with Crippen LogP contribution in [-0.2, 0) is 4.79 Å². The Morgan fingerprint density at radius 3 is 2.81 bits per heavy atom. The van der Waals surface area contributed by atoms with Crippen molar-refractivity contribution in [2.24, 2.45) is 5.41 Å².